The SMILES string of the molecule is Cc1ccc(Br)cc1C1CC(CN)C1. The first-order chi connectivity index (χ1) is 6.70. The highest BCUT2D eigenvalue weighted by molar-refractivity contribution is 9.10. The molecule has 2 N–H and O–H groups in total. The van der Waals surface area contributed by atoms with Crippen molar-refractivity contribution < 1.29 is 0 Å². The van der Waals surface area contributed by atoms with Crippen LogP contribution in [0.4, 0.5) is 0 Å². The molecule has 1 fully saturated rings. The van der Waals surface area contributed by atoms with Gasteiger partial charge in [-0.3, -0.25) is 0 Å². The van der Waals surface area contributed by atoms with Crippen molar-refractivity contribution in [1.82, 2.24) is 0 Å². The Bertz CT molecular complexity index is 329. The molecular formula is C12H16BrN. The monoisotopic (exact) mass is 253 g/mol. The Morgan fingerprint density at radius 2 is 2.14 bits per heavy atom. The molecule has 1 nitrogen and oxygen atoms in total. The summed E-state index contributed by atoms with van der Waals surface area (Å²) in [5.74, 6) is 1.51. The third-order valence-electron chi connectivity index (χ3n) is 3.25. The van der Waals surface area contributed by atoms with Gasteiger partial charge in [-0.05, 0) is 61.4 Å². The summed E-state index contributed by atoms with van der Waals surface area (Å²) >= 11 is 3.53. The van der Waals surface area contributed by atoms with Gasteiger partial charge in [0, 0.05) is 4.47 Å². The first-order valence-electron chi connectivity index (χ1n) is 5.17. The van der Waals surface area contributed by atoms with Crippen LogP contribution in [-0.4, -0.2) is 6.54 Å². The van der Waals surface area contributed by atoms with E-state index in [9.17, 15) is 0 Å². The Labute approximate surface area is 93.8 Å². The lowest BCUT2D eigenvalue weighted by Crippen LogP contribution is -2.28. The van der Waals surface area contributed by atoms with Crippen LogP contribution in [0.15, 0.2) is 22.7 Å². The predicted octanol–water partition coefficient (Wildman–Crippen LogP) is 3.21. The number of aryl methyl sites for hydroxylation is 1. The van der Waals surface area contributed by atoms with Crippen LogP contribution in [0.2, 0.25) is 0 Å². The number of benzene rings is 1. The lowest BCUT2D eigenvalue weighted by Gasteiger charge is -2.35. The molecule has 1 saturated carbocycles. The van der Waals surface area contributed by atoms with Crippen LogP contribution >= 0.6 is 15.9 Å². The molecule has 2 rings (SSSR count). The Kier molecular flexibility index (Phi) is 2.93. The van der Waals surface area contributed by atoms with E-state index in [1.807, 2.05) is 0 Å². The molecule has 2 heteroatoms. The molecule has 76 valence electrons. The minimum absolute atomic E-state index is 0.751. The molecule has 0 spiro atoms. The lowest BCUT2D eigenvalue weighted by atomic mass is 9.70. The second kappa shape index (κ2) is 4.03. The van der Waals surface area contributed by atoms with E-state index in [-0.39, 0.29) is 0 Å². The van der Waals surface area contributed by atoms with Crippen molar-refractivity contribution in [3.63, 3.8) is 0 Å². The highest BCUT2D eigenvalue weighted by atomic mass is 79.9. The third-order valence-corrected chi connectivity index (χ3v) is 3.74. The van der Waals surface area contributed by atoms with Crippen molar-refractivity contribution in [2.24, 2.45) is 11.7 Å². The van der Waals surface area contributed by atoms with Gasteiger partial charge >= 0.3 is 0 Å². The number of hydrogen-bond acceptors (Lipinski definition) is 1. The first kappa shape index (κ1) is 10.2. The highest BCUT2D eigenvalue weighted by Crippen LogP contribution is 2.42. The standard InChI is InChI=1S/C12H16BrN/c1-8-2-3-11(13)6-12(8)10-4-9(5-10)7-14/h2-3,6,9-10H,4-5,7,14H2,1H3. The van der Waals surface area contributed by atoms with Gasteiger partial charge in [0.15, 0.2) is 0 Å². The zero-order valence-corrected chi connectivity index (χ0v) is 10.0. The molecule has 0 bridgehead atoms. The molecule has 0 amide bonds. The molecule has 0 saturated heterocycles. The molecule has 1 aromatic carbocycles. The molecule has 0 aliphatic heterocycles. The van der Waals surface area contributed by atoms with E-state index in [1.54, 1.807) is 0 Å². The van der Waals surface area contributed by atoms with Crippen molar-refractivity contribution in [3.05, 3.63) is 33.8 Å². The van der Waals surface area contributed by atoms with Gasteiger partial charge < -0.3 is 5.73 Å². The highest BCUT2D eigenvalue weighted by Gasteiger charge is 2.29. The molecule has 0 atom stereocenters. The molecular weight excluding hydrogens is 238 g/mol. The molecule has 1 aliphatic carbocycles. The number of rotatable bonds is 2. The maximum absolute atomic E-state index is 5.63. The maximum atomic E-state index is 5.63. The van der Waals surface area contributed by atoms with E-state index in [0.717, 1.165) is 18.4 Å². The van der Waals surface area contributed by atoms with E-state index >= 15 is 0 Å². The van der Waals surface area contributed by atoms with Crippen molar-refractivity contribution in [1.29, 1.82) is 0 Å². The summed E-state index contributed by atoms with van der Waals surface area (Å²) < 4.78 is 1.19. The molecule has 0 aromatic heterocycles. The summed E-state index contributed by atoms with van der Waals surface area (Å²) in [5.41, 5.74) is 8.55. The van der Waals surface area contributed by atoms with Crippen LogP contribution in [0.1, 0.15) is 29.9 Å². The summed E-state index contributed by atoms with van der Waals surface area (Å²) in [4.78, 5) is 0. The van der Waals surface area contributed by atoms with Gasteiger partial charge in [-0.2, -0.15) is 0 Å². The average molecular weight is 254 g/mol. The van der Waals surface area contributed by atoms with E-state index < -0.39 is 0 Å². The minimum atomic E-state index is 0.751. The minimum Gasteiger partial charge on any atom is -0.330 e. The zero-order chi connectivity index (χ0) is 10.1. The summed E-state index contributed by atoms with van der Waals surface area (Å²) in [6.07, 6.45) is 2.54. The molecule has 1 aromatic rings. The van der Waals surface area contributed by atoms with Crippen molar-refractivity contribution in [2.45, 2.75) is 25.7 Å². The second-order valence-corrected chi connectivity index (χ2v) is 5.19. The summed E-state index contributed by atoms with van der Waals surface area (Å²) in [6.45, 7) is 3.04. The number of hydrogen-bond donors (Lipinski definition) is 1. The van der Waals surface area contributed by atoms with Gasteiger partial charge in [-0.15, -0.1) is 0 Å². The van der Waals surface area contributed by atoms with E-state index in [4.69, 9.17) is 5.73 Å². The largest absolute Gasteiger partial charge is 0.330 e. The van der Waals surface area contributed by atoms with Crippen LogP contribution < -0.4 is 5.73 Å². The fourth-order valence-electron chi connectivity index (χ4n) is 2.23. The van der Waals surface area contributed by atoms with E-state index in [0.29, 0.717) is 0 Å². The summed E-state index contributed by atoms with van der Waals surface area (Å²) in [5, 5.41) is 0. The molecule has 0 unspecified atom stereocenters. The van der Waals surface area contributed by atoms with Crippen molar-refractivity contribution in [2.75, 3.05) is 6.54 Å². The Hall–Kier alpha value is -0.340. The predicted molar refractivity (Wildman–Crippen MR) is 63.4 cm³/mol. The lowest BCUT2D eigenvalue weighted by molar-refractivity contribution is 0.271. The van der Waals surface area contributed by atoms with Gasteiger partial charge in [0.1, 0.15) is 0 Å². The topological polar surface area (TPSA) is 26.0 Å². The van der Waals surface area contributed by atoms with Crippen LogP contribution in [0.5, 0.6) is 0 Å². The van der Waals surface area contributed by atoms with Gasteiger partial charge in [0.05, 0.1) is 0 Å². The molecule has 1 aliphatic rings. The summed E-state index contributed by atoms with van der Waals surface area (Å²) in [7, 11) is 0. The summed E-state index contributed by atoms with van der Waals surface area (Å²) in [6, 6.07) is 6.56. The molecule has 0 heterocycles. The normalized spacial score (nSPS) is 25.9. The van der Waals surface area contributed by atoms with Crippen molar-refractivity contribution >= 4 is 15.9 Å². The second-order valence-electron chi connectivity index (χ2n) is 4.27. The zero-order valence-electron chi connectivity index (χ0n) is 8.46. The van der Waals surface area contributed by atoms with Gasteiger partial charge in [-0.25, -0.2) is 0 Å². The first-order valence-corrected chi connectivity index (χ1v) is 5.96. The van der Waals surface area contributed by atoms with Crippen molar-refractivity contribution in [3.8, 4) is 0 Å². The fraction of sp³-hybridized carbons (Fsp3) is 0.500. The van der Waals surface area contributed by atoms with Crippen LogP contribution in [0.3, 0.4) is 0 Å². The fourth-order valence-corrected chi connectivity index (χ4v) is 2.61. The maximum Gasteiger partial charge on any atom is 0.0178 e. The van der Waals surface area contributed by atoms with Crippen LogP contribution in [0.25, 0.3) is 0 Å². The molecule has 0 radical (unpaired) electrons. The van der Waals surface area contributed by atoms with Gasteiger partial charge in [0.25, 0.3) is 0 Å². The number of nitrogens with two attached hydrogens (primary N) is 1. The average Bonchev–Trinajstić information content (AvgIpc) is 2.09. The Morgan fingerprint density at radius 1 is 1.43 bits per heavy atom. The van der Waals surface area contributed by atoms with E-state index in [1.165, 1.54) is 28.4 Å². The quantitative estimate of drug-likeness (QED) is 0.861. The van der Waals surface area contributed by atoms with Gasteiger partial charge in [-0.1, -0.05) is 22.0 Å². The Morgan fingerprint density at radius 3 is 2.79 bits per heavy atom. The third kappa shape index (κ3) is 1.86. The molecule has 14 heavy (non-hydrogen) atoms. The van der Waals surface area contributed by atoms with E-state index in [2.05, 4.69) is 41.1 Å². The van der Waals surface area contributed by atoms with Crippen LogP contribution in [-0.2, 0) is 0 Å². The van der Waals surface area contributed by atoms with Crippen LogP contribution in [0, 0.1) is 12.8 Å². The smallest absolute Gasteiger partial charge is 0.0178 e. The van der Waals surface area contributed by atoms with Gasteiger partial charge in [0.2, 0.25) is 0 Å². The number of halogens is 1. The Balaban J connectivity index is 2.13.